The third-order valence-electron chi connectivity index (χ3n) is 7.13. The van der Waals surface area contributed by atoms with Gasteiger partial charge in [-0.3, -0.25) is 9.59 Å². The molecule has 4 heterocycles. The molecule has 0 radical (unpaired) electrons. The van der Waals surface area contributed by atoms with Gasteiger partial charge in [0.25, 0.3) is 11.8 Å². The van der Waals surface area contributed by atoms with Crippen LogP contribution in [-0.4, -0.2) is 77.4 Å². The van der Waals surface area contributed by atoms with Crippen LogP contribution in [0.25, 0.3) is 0 Å². The molecule has 2 amide bonds. The van der Waals surface area contributed by atoms with Gasteiger partial charge in [-0.2, -0.15) is 0 Å². The lowest BCUT2D eigenvalue weighted by molar-refractivity contribution is -0.00750. The second-order valence-corrected chi connectivity index (χ2v) is 9.35. The van der Waals surface area contributed by atoms with Crippen molar-refractivity contribution in [1.29, 1.82) is 0 Å². The number of carbonyl (C=O) groups excluding carboxylic acids is 2. The number of ether oxygens (including phenoxy) is 2. The summed E-state index contributed by atoms with van der Waals surface area (Å²) in [6.45, 7) is 3.97. The number of benzene rings is 1. The maximum absolute atomic E-state index is 13.2. The predicted molar refractivity (Wildman–Crippen MR) is 128 cm³/mol. The summed E-state index contributed by atoms with van der Waals surface area (Å²) in [5, 5.41) is 16.8. The van der Waals surface area contributed by atoms with E-state index in [1.54, 1.807) is 19.1 Å². The zero-order valence-corrected chi connectivity index (χ0v) is 19.9. The van der Waals surface area contributed by atoms with Crippen LogP contribution in [0.15, 0.2) is 36.4 Å². The Bertz CT molecular complexity index is 1080. The van der Waals surface area contributed by atoms with E-state index in [2.05, 4.69) is 27.8 Å². The molecule has 2 fully saturated rings. The van der Waals surface area contributed by atoms with Gasteiger partial charge in [0, 0.05) is 19.1 Å². The number of hydrogen-bond donors (Lipinski definition) is 3. The number of amides is 2. The van der Waals surface area contributed by atoms with Crippen molar-refractivity contribution in [3.63, 3.8) is 0 Å². The molecule has 3 N–H and O–H groups in total. The molecular formula is C26H32N4O5. The summed E-state index contributed by atoms with van der Waals surface area (Å²) in [4.78, 5) is 32.4. The Morgan fingerprint density at radius 2 is 1.94 bits per heavy atom. The molecule has 3 aliphatic heterocycles. The molecule has 0 aliphatic carbocycles. The first-order valence-electron chi connectivity index (χ1n) is 12.4. The van der Waals surface area contributed by atoms with Gasteiger partial charge in [0.05, 0.1) is 38.0 Å². The summed E-state index contributed by atoms with van der Waals surface area (Å²) in [5.41, 5.74) is 2.93. The molecule has 2 aromatic rings. The van der Waals surface area contributed by atoms with Gasteiger partial charge in [0.2, 0.25) is 5.88 Å². The number of aliphatic hydroxyl groups excluding tert-OH is 1. The van der Waals surface area contributed by atoms with Gasteiger partial charge in [0.1, 0.15) is 11.3 Å². The van der Waals surface area contributed by atoms with Crippen molar-refractivity contribution in [2.75, 3.05) is 26.4 Å². The largest absolute Gasteiger partial charge is 0.477 e. The number of pyridine rings is 1. The van der Waals surface area contributed by atoms with Crippen LogP contribution in [0.4, 0.5) is 0 Å². The first kappa shape index (κ1) is 23.7. The number of morpholine rings is 1. The van der Waals surface area contributed by atoms with Crippen molar-refractivity contribution in [1.82, 2.24) is 20.5 Å². The van der Waals surface area contributed by atoms with E-state index < -0.39 is 12.0 Å². The summed E-state index contributed by atoms with van der Waals surface area (Å²) < 4.78 is 11.2. The Morgan fingerprint density at radius 3 is 2.69 bits per heavy atom. The first-order valence-corrected chi connectivity index (χ1v) is 12.4. The van der Waals surface area contributed by atoms with Crippen molar-refractivity contribution < 1.29 is 24.2 Å². The summed E-state index contributed by atoms with van der Waals surface area (Å²) in [7, 11) is 0. The van der Waals surface area contributed by atoms with Crippen LogP contribution in [0.5, 0.6) is 5.88 Å². The monoisotopic (exact) mass is 480 g/mol. The van der Waals surface area contributed by atoms with Crippen molar-refractivity contribution in [3.05, 3.63) is 58.8 Å². The first-order chi connectivity index (χ1) is 17.0. The number of fused-ring (bicyclic) bond motifs is 3. The molecule has 186 valence electrons. The quantitative estimate of drug-likeness (QED) is 0.547. The van der Waals surface area contributed by atoms with Crippen molar-refractivity contribution in [2.24, 2.45) is 0 Å². The average Bonchev–Trinajstić information content (AvgIpc) is 3.14. The van der Waals surface area contributed by atoms with E-state index in [9.17, 15) is 14.7 Å². The smallest absolute Gasteiger partial charge is 0.273 e. The highest BCUT2D eigenvalue weighted by Crippen LogP contribution is 2.30. The lowest BCUT2D eigenvalue weighted by Gasteiger charge is -2.34. The molecule has 3 aliphatic rings. The Kier molecular flexibility index (Phi) is 6.99. The van der Waals surface area contributed by atoms with Crippen molar-refractivity contribution >= 4 is 11.8 Å². The van der Waals surface area contributed by atoms with Gasteiger partial charge in [-0.25, -0.2) is 4.98 Å². The van der Waals surface area contributed by atoms with Crippen LogP contribution in [0.1, 0.15) is 51.7 Å². The molecule has 9 heteroatoms. The number of nitrogens with zero attached hydrogens (tertiary/aromatic N) is 2. The standard InChI is InChI=1S/C26H32N4O5/c1-2-35-25-20(9-10-21(29-25)26(33)30-18-7-8-19(30)15-34-14-18)24(32)28-13-23(31)22-11-16-5-3-4-6-17(16)12-27-22/h3-6,9-10,18-19,22-23,27,31H,2,7-8,11-15H2,1H3,(H,28,32). The van der Waals surface area contributed by atoms with Gasteiger partial charge < -0.3 is 30.1 Å². The molecule has 1 aromatic carbocycles. The van der Waals surface area contributed by atoms with Crippen LogP contribution in [0.3, 0.4) is 0 Å². The van der Waals surface area contributed by atoms with E-state index in [0.717, 1.165) is 12.8 Å². The highest BCUT2D eigenvalue weighted by molar-refractivity contribution is 5.98. The average molecular weight is 481 g/mol. The van der Waals surface area contributed by atoms with Gasteiger partial charge in [-0.15, -0.1) is 0 Å². The highest BCUT2D eigenvalue weighted by Gasteiger charge is 2.41. The van der Waals surface area contributed by atoms with Crippen molar-refractivity contribution in [3.8, 4) is 5.88 Å². The summed E-state index contributed by atoms with van der Waals surface area (Å²) in [6.07, 6.45) is 1.80. The van der Waals surface area contributed by atoms with Gasteiger partial charge in [-0.05, 0) is 49.4 Å². The van der Waals surface area contributed by atoms with Crippen LogP contribution in [0.2, 0.25) is 0 Å². The molecule has 9 nitrogen and oxygen atoms in total. The maximum atomic E-state index is 13.2. The molecule has 0 saturated carbocycles. The Morgan fingerprint density at radius 1 is 1.20 bits per heavy atom. The molecule has 5 rings (SSSR count). The SMILES string of the molecule is CCOc1nc(C(=O)N2C3CCC2COC3)ccc1C(=O)NCC(O)C1Cc2ccccc2CN1. The zero-order valence-electron chi connectivity index (χ0n) is 19.9. The number of hydrogen-bond acceptors (Lipinski definition) is 7. The number of aromatic nitrogens is 1. The number of nitrogens with one attached hydrogen (secondary N) is 2. The third-order valence-corrected chi connectivity index (χ3v) is 7.13. The van der Waals surface area contributed by atoms with Crippen LogP contribution < -0.4 is 15.4 Å². The molecular weight excluding hydrogens is 448 g/mol. The summed E-state index contributed by atoms with van der Waals surface area (Å²) in [5.74, 6) is -0.440. The minimum Gasteiger partial charge on any atom is -0.477 e. The van der Waals surface area contributed by atoms with Crippen LogP contribution >= 0.6 is 0 Å². The predicted octanol–water partition coefficient (Wildman–Crippen LogP) is 1.29. The molecule has 4 atom stereocenters. The molecule has 1 aromatic heterocycles. The molecule has 4 unspecified atom stereocenters. The number of carbonyl (C=O) groups is 2. The number of rotatable bonds is 7. The van der Waals surface area contributed by atoms with E-state index in [-0.39, 0.29) is 47.7 Å². The van der Waals surface area contributed by atoms with Crippen molar-refractivity contribution in [2.45, 2.75) is 57.0 Å². The Balaban J connectivity index is 1.24. The van der Waals surface area contributed by atoms with Gasteiger partial charge in [0.15, 0.2) is 0 Å². The van der Waals surface area contributed by atoms with E-state index in [1.165, 1.54) is 11.1 Å². The minimum absolute atomic E-state index is 0.0726. The normalized spacial score (nSPS) is 23.9. The summed E-state index contributed by atoms with van der Waals surface area (Å²) >= 11 is 0. The lowest BCUT2D eigenvalue weighted by atomic mass is 9.93. The van der Waals surface area contributed by atoms with Gasteiger partial charge in [-0.1, -0.05) is 24.3 Å². The van der Waals surface area contributed by atoms with E-state index in [1.807, 2.05) is 17.0 Å². The lowest BCUT2D eigenvalue weighted by Crippen LogP contribution is -2.49. The van der Waals surface area contributed by atoms with E-state index >= 15 is 0 Å². The summed E-state index contributed by atoms with van der Waals surface area (Å²) in [6, 6.07) is 11.3. The topological polar surface area (TPSA) is 113 Å². The molecule has 2 saturated heterocycles. The third kappa shape index (κ3) is 4.89. The van der Waals surface area contributed by atoms with Crippen LogP contribution in [-0.2, 0) is 17.7 Å². The minimum atomic E-state index is -0.756. The van der Waals surface area contributed by atoms with Gasteiger partial charge >= 0.3 is 0 Å². The van der Waals surface area contributed by atoms with E-state index in [0.29, 0.717) is 32.8 Å². The maximum Gasteiger partial charge on any atom is 0.273 e. The second kappa shape index (κ2) is 10.3. The fourth-order valence-corrected chi connectivity index (χ4v) is 5.26. The number of aliphatic hydroxyl groups is 1. The Labute approximate surface area is 204 Å². The van der Waals surface area contributed by atoms with E-state index in [4.69, 9.17) is 9.47 Å². The molecule has 2 bridgehead atoms. The molecule has 35 heavy (non-hydrogen) atoms. The molecule has 0 spiro atoms. The van der Waals surface area contributed by atoms with Crippen LogP contribution in [0, 0.1) is 0 Å². The fraction of sp³-hybridized carbons (Fsp3) is 0.500. The zero-order chi connectivity index (χ0) is 24.4. The Hall–Kier alpha value is -3.01. The second-order valence-electron chi connectivity index (χ2n) is 9.35. The highest BCUT2D eigenvalue weighted by atomic mass is 16.5. The fourth-order valence-electron chi connectivity index (χ4n) is 5.26.